The van der Waals surface area contributed by atoms with Crippen LogP contribution < -0.4 is 0 Å². The van der Waals surface area contributed by atoms with Crippen molar-refractivity contribution in [2.24, 2.45) is 0 Å². The van der Waals surface area contributed by atoms with E-state index in [1.54, 1.807) is 0 Å². The third-order valence-electron chi connectivity index (χ3n) is 3.74. The lowest BCUT2D eigenvalue weighted by Gasteiger charge is -2.09. The minimum atomic E-state index is 0.788. The van der Waals surface area contributed by atoms with Crippen LogP contribution >= 0.6 is 0 Å². The largest absolute Gasteiger partial charge is 0.443 e. The molecule has 3 heteroatoms. The highest BCUT2D eigenvalue weighted by atomic mass is 16.3. The Balaban J connectivity index is 1.92. The molecule has 0 aliphatic carbocycles. The summed E-state index contributed by atoms with van der Waals surface area (Å²) in [5, 5.41) is 0. The highest BCUT2D eigenvalue weighted by Gasteiger charge is 2.10. The van der Waals surface area contributed by atoms with Gasteiger partial charge >= 0.3 is 0 Å². The first-order valence-electron chi connectivity index (χ1n) is 7.17. The van der Waals surface area contributed by atoms with Gasteiger partial charge in [-0.05, 0) is 36.8 Å². The number of aryl methyl sites for hydroxylation is 1. The molecule has 0 aliphatic heterocycles. The molecule has 0 fully saturated rings. The normalized spacial score (nSPS) is 11.0. The SMILES string of the molecule is Cc1cccc(-c2ncccc2-c2ccc3ncoc3c2)c1. The predicted molar refractivity (Wildman–Crippen MR) is 87.4 cm³/mol. The smallest absolute Gasteiger partial charge is 0.181 e. The van der Waals surface area contributed by atoms with E-state index >= 15 is 0 Å². The van der Waals surface area contributed by atoms with Gasteiger partial charge in [0.15, 0.2) is 12.0 Å². The molecule has 0 amide bonds. The summed E-state index contributed by atoms with van der Waals surface area (Å²) in [4.78, 5) is 8.75. The summed E-state index contributed by atoms with van der Waals surface area (Å²) in [6.07, 6.45) is 3.30. The van der Waals surface area contributed by atoms with Crippen LogP contribution in [0.5, 0.6) is 0 Å². The van der Waals surface area contributed by atoms with E-state index in [1.807, 2.05) is 24.4 Å². The van der Waals surface area contributed by atoms with Crippen LogP contribution in [0.25, 0.3) is 33.5 Å². The highest BCUT2D eigenvalue weighted by molar-refractivity contribution is 5.86. The van der Waals surface area contributed by atoms with Crippen molar-refractivity contribution in [3.05, 3.63) is 72.8 Å². The van der Waals surface area contributed by atoms with Crippen molar-refractivity contribution in [3.8, 4) is 22.4 Å². The van der Waals surface area contributed by atoms with E-state index in [4.69, 9.17) is 4.42 Å². The monoisotopic (exact) mass is 286 g/mol. The molecule has 0 saturated heterocycles. The Kier molecular flexibility index (Phi) is 2.97. The van der Waals surface area contributed by atoms with Crippen LogP contribution in [0.3, 0.4) is 0 Å². The predicted octanol–water partition coefficient (Wildman–Crippen LogP) is 4.87. The van der Waals surface area contributed by atoms with Crippen LogP contribution in [0, 0.1) is 6.92 Å². The van der Waals surface area contributed by atoms with Crippen molar-refractivity contribution in [1.82, 2.24) is 9.97 Å². The molecule has 0 N–H and O–H groups in total. The number of fused-ring (bicyclic) bond motifs is 1. The van der Waals surface area contributed by atoms with Gasteiger partial charge in [0.1, 0.15) is 5.52 Å². The van der Waals surface area contributed by atoms with E-state index < -0.39 is 0 Å². The maximum Gasteiger partial charge on any atom is 0.181 e. The Morgan fingerprint density at radius 1 is 0.864 bits per heavy atom. The van der Waals surface area contributed by atoms with Crippen LogP contribution in [0.15, 0.2) is 71.6 Å². The zero-order valence-electron chi connectivity index (χ0n) is 12.2. The van der Waals surface area contributed by atoms with Gasteiger partial charge in [0.2, 0.25) is 0 Å². The zero-order chi connectivity index (χ0) is 14.9. The summed E-state index contributed by atoms with van der Waals surface area (Å²) >= 11 is 0. The summed E-state index contributed by atoms with van der Waals surface area (Å²) in [6, 6.07) is 18.5. The molecule has 22 heavy (non-hydrogen) atoms. The number of benzene rings is 2. The van der Waals surface area contributed by atoms with Gasteiger partial charge in [0, 0.05) is 17.3 Å². The molecule has 2 aromatic heterocycles. The van der Waals surface area contributed by atoms with Crippen molar-refractivity contribution >= 4 is 11.1 Å². The lowest BCUT2D eigenvalue weighted by atomic mass is 9.98. The number of oxazole rings is 1. The summed E-state index contributed by atoms with van der Waals surface area (Å²) in [6.45, 7) is 2.09. The Morgan fingerprint density at radius 2 is 1.82 bits per heavy atom. The Bertz CT molecular complexity index is 956. The van der Waals surface area contributed by atoms with Gasteiger partial charge in [-0.2, -0.15) is 0 Å². The first-order chi connectivity index (χ1) is 10.8. The first-order valence-corrected chi connectivity index (χ1v) is 7.17. The topological polar surface area (TPSA) is 38.9 Å². The molecule has 0 saturated carbocycles. The van der Waals surface area contributed by atoms with E-state index in [2.05, 4.69) is 53.3 Å². The molecule has 3 nitrogen and oxygen atoms in total. The second kappa shape index (κ2) is 5.11. The van der Waals surface area contributed by atoms with Crippen molar-refractivity contribution in [2.75, 3.05) is 0 Å². The molecule has 0 aliphatic rings. The average Bonchev–Trinajstić information content (AvgIpc) is 3.02. The Morgan fingerprint density at radius 3 is 2.73 bits per heavy atom. The summed E-state index contributed by atoms with van der Waals surface area (Å²) in [5.74, 6) is 0. The van der Waals surface area contributed by atoms with Crippen LogP contribution in [0.1, 0.15) is 5.56 Å². The van der Waals surface area contributed by atoms with E-state index in [1.165, 1.54) is 12.0 Å². The van der Waals surface area contributed by atoms with Crippen molar-refractivity contribution in [3.63, 3.8) is 0 Å². The molecule has 4 rings (SSSR count). The molecule has 2 heterocycles. The second-order valence-corrected chi connectivity index (χ2v) is 5.30. The fraction of sp³-hybridized carbons (Fsp3) is 0.0526. The van der Waals surface area contributed by atoms with Crippen molar-refractivity contribution in [1.29, 1.82) is 0 Å². The van der Waals surface area contributed by atoms with Crippen LogP contribution in [0.2, 0.25) is 0 Å². The van der Waals surface area contributed by atoms with Crippen LogP contribution in [-0.4, -0.2) is 9.97 Å². The van der Waals surface area contributed by atoms with Gasteiger partial charge in [-0.15, -0.1) is 0 Å². The van der Waals surface area contributed by atoms with E-state index in [0.717, 1.165) is 33.5 Å². The molecule has 2 aromatic carbocycles. The van der Waals surface area contributed by atoms with Gasteiger partial charge in [-0.3, -0.25) is 4.98 Å². The summed E-state index contributed by atoms with van der Waals surface area (Å²) < 4.78 is 5.41. The number of aromatic nitrogens is 2. The standard InChI is InChI=1S/C19H14N2O/c1-13-4-2-5-15(10-13)19-16(6-3-9-20-19)14-7-8-17-18(11-14)22-12-21-17/h2-12H,1H3. The molecule has 4 aromatic rings. The lowest BCUT2D eigenvalue weighted by molar-refractivity contribution is 0.602. The Labute approximate surface area is 128 Å². The second-order valence-electron chi connectivity index (χ2n) is 5.30. The minimum absolute atomic E-state index is 0.788. The fourth-order valence-corrected chi connectivity index (χ4v) is 2.68. The van der Waals surface area contributed by atoms with Crippen molar-refractivity contribution in [2.45, 2.75) is 6.92 Å². The van der Waals surface area contributed by atoms with E-state index in [9.17, 15) is 0 Å². The quantitative estimate of drug-likeness (QED) is 0.528. The maximum atomic E-state index is 5.41. The molecule has 0 spiro atoms. The van der Waals surface area contributed by atoms with Crippen LogP contribution in [0.4, 0.5) is 0 Å². The Hall–Kier alpha value is -2.94. The number of hydrogen-bond acceptors (Lipinski definition) is 3. The first kappa shape index (κ1) is 12.8. The molecule has 106 valence electrons. The molecule has 0 bridgehead atoms. The van der Waals surface area contributed by atoms with Gasteiger partial charge in [0.05, 0.1) is 5.69 Å². The van der Waals surface area contributed by atoms with Crippen LogP contribution in [-0.2, 0) is 0 Å². The number of nitrogens with zero attached hydrogens (tertiary/aromatic N) is 2. The molecular formula is C19H14N2O. The summed E-state index contributed by atoms with van der Waals surface area (Å²) in [5.41, 5.74) is 7.14. The zero-order valence-corrected chi connectivity index (χ0v) is 12.2. The maximum absolute atomic E-state index is 5.41. The van der Waals surface area contributed by atoms with Gasteiger partial charge in [-0.25, -0.2) is 4.98 Å². The van der Waals surface area contributed by atoms with E-state index in [0.29, 0.717) is 0 Å². The number of pyridine rings is 1. The fourth-order valence-electron chi connectivity index (χ4n) is 2.68. The molecule has 0 atom stereocenters. The highest BCUT2D eigenvalue weighted by Crippen LogP contribution is 2.32. The minimum Gasteiger partial charge on any atom is -0.443 e. The van der Waals surface area contributed by atoms with Gasteiger partial charge < -0.3 is 4.42 Å². The number of rotatable bonds is 2. The van der Waals surface area contributed by atoms with E-state index in [-0.39, 0.29) is 0 Å². The van der Waals surface area contributed by atoms with Crippen molar-refractivity contribution < 1.29 is 4.42 Å². The molecule has 0 radical (unpaired) electrons. The molecular weight excluding hydrogens is 272 g/mol. The lowest BCUT2D eigenvalue weighted by Crippen LogP contribution is -1.89. The van der Waals surface area contributed by atoms with Gasteiger partial charge in [-0.1, -0.05) is 35.9 Å². The number of hydrogen-bond donors (Lipinski definition) is 0. The third kappa shape index (κ3) is 2.17. The average molecular weight is 286 g/mol. The summed E-state index contributed by atoms with van der Waals surface area (Å²) in [7, 11) is 0. The third-order valence-corrected chi connectivity index (χ3v) is 3.74. The molecule has 0 unspecified atom stereocenters. The van der Waals surface area contributed by atoms with Gasteiger partial charge in [0.25, 0.3) is 0 Å².